The van der Waals surface area contributed by atoms with Gasteiger partial charge in [-0.05, 0) is 35.7 Å². The third kappa shape index (κ3) is 4.06. The molecule has 0 saturated heterocycles. The van der Waals surface area contributed by atoms with E-state index < -0.39 is 17.7 Å². The lowest BCUT2D eigenvalue weighted by Crippen LogP contribution is -2.22. The van der Waals surface area contributed by atoms with Gasteiger partial charge in [0, 0.05) is 19.3 Å². The summed E-state index contributed by atoms with van der Waals surface area (Å²) in [7, 11) is 0. The van der Waals surface area contributed by atoms with Gasteiger partial charge in [0.05, 0.1) is 11.8 Å². The van der Waals surface area contributed by atoms with Crippen LogP contribution in [0, 0.1) is 11.6 Å². The van der Waals surface area contributed by atoms with Crippen LogP contribution < -0.4 is 5.32 Å². The average molecular weight is 292 g/mol. The van der Waals surface area contributed by atoms with E-state index in [-0.39, 0.29) is 6.54 Å². The fourth-order valence-corrected chi connectivity index (χ4v) is 2.12. The SMILES string of the molecule is CCc1cccnc1CNCC(O)c1ccc(F)c(F)c1. The Hall–Kier alpha value is -1.85. The van der Waals surface area contributed by atoms with Gasteiger partial charge in [-0.3, -0.25) is 4.98 Å². The van der Waals surface area contributed by atoms with Crippen LogP contribution in [0.5, 0.6) is 0 Å². The number of rotatable bonds is 6. The molecule has 0 bridgehead atoms. The predicted octanol–water partition coefficient (Wildman–Crippen LogP) is 2.75. The lowest BCUT2D eigenvalue weighted by Gasteiger charge is -2.13. The van der Waals surface area contributed by atoms with Gasteiger partial charge in [-0.1, -0.05) is 19.1 Å². The average Bonchev–Trinajstić information content (AvgIpc) is 2.50. The number of aliphatic hydroxyl groups is 1. The van der Waals surface area contributed by atoms with Crippen molar-refractivity contribution in [3.8, 4) is 0 Å². The number of aliphatic hydroxyl groups excluding tert-OH is 1. The first kappa shape index (κ1) is 15.5. The zero-order chi connectivity index (χ0) is 15.2. The highest BCUT2D eigenvalue weighted by atomic mass is 19.2. The van der Waals surface area contributed by atoms with Gasteiger partial charge >= 0.3 is 0 Å². The van der Waals surface area contributed by atoms with Gasteiger partial charge in [0.2, 0.25) is 0 Å². The van der Waals surface area contributed by atoms with Crippen molar-refractivity contribution in [2.45, 2.75) is 26.0 Å². The minimum atomic E-state index is -0.954. The van der Waals surface area contributed by atoms with E-state index in [1.807, 2.05) is 12.1 Å². The molecule has 1 aromatic carbocycles. The molecule has 112 valence electrons. The summed E-state index contributed by atoms with van der Waals surface area (Å²) in [4.78, 5) is 4.29. The minimum absolute atomic E-state index is 0.241. The van der Waals surface area contributed by atoms with E-state index in [9.17, 15) is 13.9 Å². The highest BCUT2D eigenvalue weighted by Crippen LogP contribution is 2.16. The Morgan fingerprint density at radius 1 is 1.24 bits per heavy atom. The van der Waals surface area contributed by atoms with Crippen molar-refractivity contribution < 1.29 is 13.9 Å². The quantitative estimate of drug-likeness (QED) is 0.860. The van der Waals surface area contributed by atoms with Crippen LogP contribution in [0.3, 0.4) is 0 Å². The monoisotopic (exact) mass is 292 g/mol. The van der Waals surface area contributed by atoms with Crippen molar-refractivity contribution in [1.29, 1.82) is 0 Å². The molecule has 0 fully saturated rings. The summed E-state index contributed by atoms with van der Waals surface area (Å²) in [6.07, 6.45) is 1.72. The summed E-state index contributed by atoms with van der Waals surface area (Å²) < 4.78 is 25.9. The Bertz CT molecular complexity index is 605. The summed E-state index contributed by atoms with van der Waals surface area (Å²) >= 11 is 0. The normalized spacial score (nSPS) is 12.4. The highest BCUT2D eigenvalue weighted by Gasteiger charge is 2.11. The molecule has 2 N–H and O–H groups in total. The first-order chi connectivity index (χ1) is 10.1. The van der Waals surface area contributed by atoms with Crippen LogP contribution in [0.1, 0.15) is 29.8 Å². The summed E-state index contributed by atoms with van der Waals surface area (Å²) in [5.74, 6) is -1.87. The lowest BCUT2D eigenvalue weighted by molar-refractivity contribution is 0.173. The zero-order valence-corrected chi connectivity index (χ0v) is 11.8. The van der Waals surface area contributed by atoms with Crippen molar-refractivity contribution in [3.05, 3.63) is 65.0 Å². The zero-order valence-electron chi connectivity index (χ0n) is 11.8. The van der Waals surface area contributed by atoms with Crippen molar-refractivity contribution in [1.82, 2.24) is 10.3 Å². The third-order valence-corrected chi connectivity index (χ3v) is 3.32. The molecule has 0 aliphatic rings. The van der Waals surface area contributed by atoms with Gasteiger partial charge in [-0.15, -0.1) is 0 Å². The van der Waals surface area contributed by atoms with E-state index >= 15 is 0 Å². The standard InChI is InChI=1S/C16H18F2N2O/c1-2-11-4-3-7-20-15(11)9-19-10-16(21)12-5-6-13(17)14(18)8-12/h3-8,16,19,21H,2,9-10H2,1H3. The van der Waals surface area contributed by atoms with Crippen LogP contribution in [0.15, 0.2) is 36.5 Å². The summed E-state index contributed by atoms with van der Waals surface area (Å²) in [6.45, 7) is 2.81. The first-order valence-electron chi connectivity index (χ1n) is 6.88. The Labute approximate surface area is 122 Å². The number of hydrogen-bond acceptors (Lipinski definition) is 3. The van der Waals surface area contributed by atoms with Gasteiger partial charge in [-0.2, -0.15) is 0 Å². The second-order valence-electron chi connectivity index (χ2n) is 4.78. The molecule has 0 aliphatic carbocycles. The number of benzene rings is 1. The molecular formula is C16H18F2N2O. The predicted molar refractivity (Wildman–Crippen MR) is 76.6 cm³/mol. The molecule has 1 unspecified atom stereocenters. The third-order valence-electron chi connectivity index (χ3n) is 3.32. The number of hydrogen-bond donors (Lipinski definition) is 2. The smallest absolute Gasteiger partial charge is 0.159 e. The molecule has 1 atom stereocenters. The number of aryl methyl sites for hydroxylation is 1. The fourth-order valence-electron chi connectivity index (χ4n) is 2.12. The van der Waals surface area contributed by atoms with Crippen LogP contribution in [-0.4, -0.2) is 16.6 Å². The van der Waals surface area contributed by atoms with E-state index in [2.05, 4.69) is 17.2 Å². The fraction of sp³-hybridized carbons (Fsp3) is 0.312. The number of nitrogens with zero attached hydrogens (tertiary/aromatic N) is 1. The molecule has 0 radical (unpaired) electrons. The minimum Gasteiger partial charge on any atom is -0.387 e. The Kier molecular flexibility index (Phi) is 5.36. The molecule has 0 aliphatic heterocycles. The Balaban J connectivity index is 1.92. The maximum atomic E-state index is 13.1. The molecule has 3 nitrogen and oxygen atoms in total. The molecule has 2 aromatic rings. The van der Waals surface area contributed by atoms with Crippen LogP contribution in [0.4, 0.5) is 8.78 Å². The Morgan fingerprint density at radius 3 is 2.76 bits per heavy atom. The summed E-state index contributed by atoms with van der Waals surface area (Å²) in [5, 5.41) is 13.0. The van der Waals surface area contributed by atoms with Crippen molar-refractivity contribution in [3.63, 3.8) is 0 Å². The van der Waals surface area contributed by atoms with E-state index in [0.717, 1.165) is 29.8 Å². The van der Waals surface area contributed by atoms with Crippen LogP contribution in [0.2, 0.25) is 0 Å². The second-order valence-corrected chi connectivity index (χ2v) is 4.78. The van der Waals surface area contributed by atoms with Crippen LogP contribution in [-0.2, 0) is 13.0 Å². The molecular weight excluding hydrogens is 274 g/mol. The number of aromatic nitrogens is 1. The highest BCUT2D eigenvalue weighted by molar-refractivity contribution is 5.21. The molecule has 1 heterocycles. The van der Waals surface area contributed by atoms with Crippen molar-refractivity contribution in [2.24, 2.45) is 0 Å². The second kappa shape index (κ2) is 7.24. The van der Waals surface area contributed by atoms with Crippen molar-refractivity contribution in [2.75, 3.05) is 6.54 Å². The van der Waals surface area contributed by atoms with Crippen LogP contribution >= 0.6 is 0 Å². The van der Waals surface area contributed by atoms with Gasteiger partial charge in [0.25, 0.3) is 0 Å². The molecule has 1 aromatic heterocycles. The molecule has 0 spiro atoms. The van der Waals surface area contributed by atoms with E-state index in [1.54, 1.807) is 6.20 Å². The lowest BCUT2D eigenvalue weighted by atomic mass is 10.1. The summed E-state index contributed by atoms with van der Waals surface area (Å²) in [5.41, 5.74) is 2.42. The van der Waals surface area contributed by atoms with Crippen LogP contribution in [0.25, 0.3) is 0 Å². The van der Waals surface area contributed by atoms with E-state index in [4.69, 9.17) is 0 Å². The summed E-state index contributed by atoms with van der Waals surface area (Å²) in [6, 6.07) is 7.30. The van der Waals surface area contributed by atoms with Gasteiger partial charge in [-0.25, -0.2) is 8.78 Å². The maximum absolute atomic E-state index is 13.1. The first-order valence-corrected chi connectivity index (χ1v) is 6.88. The van der Waals surface area contributed by atoms with Crippen molar-refractivity contribution >= 4 is 0 Å². The van der Waals surface area contributed by atoms with Gasteiger partial charge in [0.15, 0.2) is 11.6 Å². The largest absolute Gasteiger partial charge is 0.387 e. The van der Waals surface area contributed by atoms with E-state index in [0.29, 0.717) is 12.1 Å². The topological polar surface area (TPSA) is 45.2 Å². The molecule has 2 rings (SSSR count). The molecule has 0 saturated carbocycles. The molecule has 5 heteroatoms. The number of pyridine rings is 1. The number of halogens is 2. The molecule has 21 heavy (non-hydrogen) atoms. The Morgan fingerprint density at radius 2 is 2.05 bits per heavy atom. The van der Waals surface area contributed by atoms with E-state index in [1.165, 1.54) is 6.07 Å². The molecule has 0 amide bonds. The number of nitrogens with one attached hydrogen (secondary N) is 1. The van der Waals surface area contributed by atoms with Gasteiger partial charge in [0.1, 0.15) is 0 Å². The van der Waals surface area contributed by atoms with Gasteiger partial charge < -0.3 is 10.4 Å². The maximum Gasteiger partial charge on any atom is 0.159 e.